The fourth-order valence-corrected chi connectivity index (χ4v) is 2.07. The normalized spacial score (nSPS) is 10.0. The Morgan fingerprint density at radius 2 is 1.78 bits per heavy atom. The smallest absolute Gasteiger partial charge is 0.343 e. The molecule has 0 radical (unpaired) electrons. The third kappa shape index (κ3) is 4.40. The van der Waals surface area contributed by atoms with Crippen LogP contribution in [0.2, 0.25) is 0 Å². The first-order valence-electron chi connectivity index (χ1n) is 6.79. The number of benzene rings is 2. The van der Waals surface area contributed by atoms with Crippen molar-refractivity contribution in [3.05, 3.63) is 59.7 Å². The fraction of sp³-hybridized carbons (Fsp3) is 0.118. The lowest BCUT2D eigenvalue weighted by atomic mass is 10.1. The molecular formula is C17H14ClNO4. The molecule has 23 heavy (non-hydrogen) atoms. The maximum Gasteiger partial charge on any atom is 0.343 e. The largest absolute Gasteiger partial charge is 0.423 e. The third-order valence-corrected chi connectivity index (χ3v) is 3.19. The van der Waals surface area contributed by atoms with Gasteiger partial charge < -0.3 is 10.1 Å². The Morgan fingerprint density at radius 1 is 1.09 bits per heavy atom. The molecule has 1 amide bonds. The van der Waals surface area contributed by atoms with E-state index in [1.807, 2.05) is 0 Å². The minimum absolute atomic E-state index is 0.188. The molecule has 0 aromatic heterocycles. The van der Waals surface area contributed by atoms with Crippen LogP contribution in [-0.2, 0) is 4.79 Å². The van der Waals surface area contributed by atoms with Gasteiger partial charge in [0.05, 0.1) is 17.1 Å². The number of amides is 1. The molecule has 6 heteroatoms. The van der Waals surface area contributed by atoms with Gasteiger partial charge in [-0.15, -0.1) is 11.6 Å². The zero-order valence-corrected chi connectivity index (χ0v) is 13.1. The molecule has 0 aliphatic rings. The standard InChI is InChI=1S/C17H14ClNO4/c1-11(20)19-15-8-7-13(9-14(15)16(21)10-18)23-17(22)12-5-3-2-4-6-12/h2-9H,10H2,1H3,(H,19,20). The molecule has 0 unspecified atom stereocenters. The van der Waals surface area contributed by atoms with E-state index in [9.17, 15) is 14.4 Å². The number of ketones is 1. The topological polar surface area (TPSA) is 72.5 Å². The second kappa shape index (κ2) is 7.56. The number of nitrogens with one attached hydrogen (secondary N) is 1. The van der Waals surface area contributed by atoms with Gasteiger partial charge in [-0.1, -0.05) is 18.2 Å². The van der Waals surface area contributed by atoms with Gasteiger partial charge in [-0.25, -0.2) is 4.79 Å². The first-order valence-corrected chi connectivity index (χ1v) is 7.32. The highest BCUT2D eigenvalue weighted by Crippen LogP contribution is 2.24. The van der Waals surface area contributed by atoms with Crippen molar-refractivity contribution in [1.29, 1.82) is 0 Å². The van der Waals surface area contributed by atoms with Crippen LogP contribution in [0.4, 0.5) is 5.69 Å². The summed E-state index contributed by atoms with van der Waals surface area (Å²) in [5.41, 5.74) is 0.903. The molecule has 0 fully saturated rings. The van der Waals surface area contributed by atoms with E-state index in [4.69, 9.17) is 16.3 Å². The van der Waals surface area contributed by atoms with Crippen LogP contribution >= 0.6 is 11.6 Å². The Balaban J connectivity index is 2.28. The molecule has 0 bridgehead atoms. The van der Waals surface area contributed by atoms with E-state index in [0.717, 1.165) is 0 Å². The van der Waals surface area contributed by atoms with Gasteiger partial charge in [0.1, 0.15) is 5.75 Å². The van der Waals surface area contributed by atoms with Crippen molar-refractivity contribution in [3.63, 3.8) is 0 Å². The van der Waals surface area contributed by atoms with Crippen molar-refractivity contribution >= 4 is 34.9 Å². The molecule has 118 valence electrons. The molecule has 5 nitrogen and oxygen atoms in total. The zero-order chi connectivity index (χ0) is 16.8. The summed E-state index contributed by atoms with van der Waals surface area (Å²) in [5.74, 6) is -1.29. The van der Waals surface area contributed by atoms with Crippen molar-refractivity contribution in [1.82, 2.24) is 0 Å². The number of Topliss-reactive ketones (excluding diaryl/α,β-unsaturated/α-hetero) is 1. The van der Waals surface area contributed by atoms with E-state index in [0.29, 0.717) is 11.3 Å². The molecule has 1 N–H and O–H groups in total. The van der Waals surface area contributed by atoms with Gasteiger partial charge in [0, 0.05) is 12.5 Å². The third-order valence-electron chi connectivity index (χ3n) is 2.94. The van der Waals surface area contributed by atoms with Crippen LogP contribution in [-0.4, -0.2) is 23.5 Å². The van der Waals surface area contributed by atoms with Gasteiger partial charge in [-0.3, -0.25) is 9.59 Å². The number of carbonyl (C=O) groups is 3. The Kier molecular flexibility index (Phi) is 5.49. The van der Waals surface area contributed by atoms with Crippen molar-refractivity contribution in [2.24, 2.45) is 0 Å². The number of hydrogen-bond acceptors (Lipinski definition) is 4. The number of anilines is 1. The highest BCUT2D eigenvalue weighted by atomic mass is 35.5. The number of alkyl halides is 1. The van der Waals surface area contributed by atoms with E-state index >= 15 is 0 Å². The van der Waals surface area contributed by atoms with Crippen molar-refractivity contribution in [2.45, 2.75) is 6.92 Å². The van der Waals surface area contributed by atoms with Crippen LogP contribution in [0.5, 0.6) is 5.75 Å². The van der Waals surface area contributed by atoms with Crippen LogP contribution in [0.1, 0.15) is 27.6 Å². The SMILES string of the molecule is CC(=O)Nc1ccc(OC(=O)c2ccccc2)cc1C(=O)CCl. The van der Waals surface area contributed by atoms with Crippen LogP contribution in [0.3, 0.4) is 0 Å². The fourth-order valence-electron chi connectivity index (χ4n) is 1.93. The molecule has 0 saturated heterocycles. The zero-order valence-electron chi connectivity index (χ0n) is 12.3. The maximum atomic E-state index is 12.0. The number of ether oxygens (including phenoxy) is 1. The average molecular weight is 332 g/mol. The minimum Gasteiger partial charge on any atom is -0.423 e. The summed E-state index contributed by atoms with van der Waals surface area (Å²) in [6.07, 6.45) is 0. The number of rotatable bonds is 5. The summed E-state index contributed by atoms with van der Waals surface area (Å²) in [5, 5.41) is 2.54. The van der Waals surface area contributed by atoms with Crippen LogP contribution in [0.25, 0.3) is 0 Å². The molecule has 0 aliphatic carbocycles. The summed E-state index contributed by atoms with van der Waals surface area (Å²) in [4.78, 5) is 35.1. The first-order chi connectivity index (χ1) is 11.0. The lowest BCUT2D eigenvalue weighted by molar-refractivity contribution is -0.114. The lowest BCUT2D eigenvalue weighted by Crippen LogP contribution is -2.13. The van der Waals surface area contributed by atoms with E-state index < -0.39 is 5.97 Å². The molecule has 0 heterocycles. The van der Waals surface area contributed by atoms with Gasteiger partial charge in [0.15, 0.2) is 5.78 Å². The Labute approximate surface area is 138 Å². The summed E-state index contributed by atoms with van der Waals surface area (Å²) in [7, 11) is 0. The van der Waals surface area contributed by atoms with Gasteiger partial charge in [0.25, 0.3) is 0 Å². The average Bonchev–Trinajstić information content (AvgIpc) is 2.55. The molecule has 0 aliphatic heterocycles. The van der Waals surface area contributed by atoms with Gasteiger partial charge in [0.2, 0.25) is 5.91 Å². The van der Waals surface area contributed by atoms with E-state index in [2.05, 4.69) is 5.32 Å². The Morgan fingerprint density at radius 3 is 2.39 bits per heavy atom. The van der Waals surface area contributed by atoms with E-state index in [-0.39, 0.29) is 28.9 Å². The minimum atomic E-state index is -0.540. The van der Waals surface area contributed by atoms with Crippen molar-refractivity contribution in [3.8, 4) is 5.75 Å². The summed E-state index contributed by atoms with van der Waals surface area (Å²) in [6.45, 7) is 1.33. The number of halogens is 1. The Hall–Kier alpha value is -2.66. The van der Waals surface area contributed by atoms with E-state index in [1.165, 1.54) is 25.1 Å². The van der Waals surface area contributed by atoms with Gasteiger partial charge in [-0.2, -0.15) is 0 Å². The Bertz CT molecular complexity index is 744. The molecule has 2 aromatic rings. The number of esters is 1. The van der Waals surface area contributed by atoms with E-state index in [1.54, 1.807) is 30.3 Å². The van der Waals surface area contributed by atoms with Gasteiger partial charge in [-0.05, 0) is 30.3 Å². The quantitative estimate of drug-likeness (QED) is 0.395. The maximum absolute atomic E-state index is 12.0. The number of hydrogen-bond donors (Lipinski definition) is 1. The highest BCUT2D eigenvalue weighted by Gasteiger charge is 2.15. The predicted molar refractivity (Wildman–Crippen MR) is 87.2 cm³/mol. The molecule has 2 aromatic carbocycles. The first kappa shape index (κ1) is 16.7. The molecule has 0 saturated carbocycles. The summed E-state index contributed by atoms with van der Waals surface area (Å²) >= 11 is 5.58. The summed E-state index contributed by atoms with van der Waals surface area (Å²) in [6, 6.07) is 12.9. The molecule has 0 atom stereocenters. The van der Waals surface area contributed by atoms with Crippen LogP contribution in [0.15, 0.2) is 48.5 Å². The lowest BCUT2D eigenvalue weighted by Gasteiger charge is -2.11. The van der Waals surface area contributed by atoms with Crippen molar-refractivity contribution < 1.29 is 19.1 Å². The highest BCUT2D eigenvalue weighted by molar-refractivity contribution is 6.31. The monoisotopic (exact) mass is 331 g/mol. The predicted octanol–water partition coefficient (Wildman–Crippen LogP) is 3.29. The molecule has 0 spiro atoms. The van der Waals surface area contributed by atoms with Crippen molar-refractivity contribution in [2.75, 3.05) is 11.2 Å². The van der Waals surface area contributed by atoms with Gasteiger partial charge >= 0.3 is 5.97 Å². The van der Waals surface area contributed by atoms with Crippen LogP contribution < -0.4 is 10.1 Å². The summed E-state index contributed by atoms with van der Waals surface area (Å²) < 4.78 is 5.25. The second-order valence-corrected chi connectivity index (χ2v) is 4.97. The number of carbonyl (C=O) groups excluding carboxylic acids is 3. The second-order valence-electron chi connectivity index (χ2n) is 4.70. The van der Waals surface area contributed by atoms with Crippen LogP contribution in [0, 0.1) is 0 Å². The molecule has 2 rings (SSSR count). The molecular weight excluding hydrogens is 318 g/mol.